The predicted octanol–water partition coefficient (Wildman–Crippen LogP) is 1.81. The van der Waals surface area contributed by atoms with E-state index in [1.165, 1.54) is 0 Å². The molecule has 0 heterocycles. The number of hydrogen-bond donors (Lipinski definition) is 2. The Morgan fingerprint density at radius 3 is 1.67 bits per heavy atom. The molecule has 0 radical (unpaired) electrons. The third-order valence-corrected chi connectivity index (χ3v) is 3.19. The number of imide groups is 1. The van der Waals surface area contributed by atoms with E-state index in [-0.39, 0.29) is 5.91 Å². The molecule has 21 heavy (non-hydrogen) atoms. The van der Waals surface area contributed by atoms with Crippen LogP contribution in [0.5, 0.6) is 0 Å². The number of nitrogens with two attached hydrogens (primary N) is 1. The van der Waals surface area contributed by atoms with Crippen molar-refractivity contribution < 1.29 is 9.59 Å². The smallest absolute Gasteiger partial charge is 0.243 e. The van der Waals surface area contributed by atoms with E-state index in [1.54, 1.807) is 6.92 Å². The van der Waals surface area contributed by atoms with Gasteiger partial charge in [0.15, 0.2) is 0 Å². The zero-order chi connectivity index (χ0) is 15.2. The van der Waals surface area contributed by atoms with E-state index in [9.17, 15) is 9.59 Å². The predicted molar refractivity (Wildman–Crippen MR) is 81.5 cm³/mol. The van der Waals surface area contributed by atoms with Gasteiger partial charge in [-0.1, -0.05) is 60.7 Å². The van der Waals surface area contributed by atoms with E-state index in [0.717, 1.165) is 11.1 Å². The molecule has 0 saturated carbocycles. The quantitative estimate of drug-likeness (QED) is 0.898. The largest absolute Gasteiger partial charge is 0.320 e. The van der Waals surface area contributed by atoms with Gasteiger partial charge in [-0.3, -0.25) is 14.9 Å². The summed E-state index contributed by atoms with van der Waals surface area (Å²) < 4.78 is 0. The fraction of sp³-hybridized carbons (Fsp3) is 0.176. The van der Waals surface area contributed by atoms with Crippen molar-refractivity contribution in [2.75, 3.05) is 0 Å². The maximum atomic E-state index is 12.5. The van der Waals surface area contributed by atoms with Gasteiger partial charge in [0, 0.05) is 0 Å². The van der Waals surface area contributed by atoms with Crippen LogP contribution in [0.2, 0.25) is 0 Å². The highest BCUT2D eigenvalue weighted by Crippen LogP contribution is 2.24. The van der Waals surface area contributed by atoms with Crippen LogP contribution in [0.25, 0.3) is 0 Å². The second-order valence-corrected chi connectivity index (χ2v) is 4.90. The van der Waals surface area contributed by atoms with Crippen molar-refractivity contribution >= 4 is 11.8 Å². The Hall–Kier alpha value is -2.46. The van der Waals surface area contributed by atoms with E-state index in [0.29, 0.717) is 0 Å². The van der Waals surface area contributed by atoms with Crippen LogP contribution in [-0.2, 0) is 9.59 Å². The third kappa shape index (κ3) is 3.77. The molecule has 3 N–H and O–H groups in total. The molecule has 2 aromatic rings. The maximum absolute atomic E-state index is 12.5. The fourth-order valence-corrected chi connectivity index (χ4v) is 2.09. The molecule has 0 aromatic heterocycles. The fourth-order valence-electron chi connectivity index (χ4n) is 2.09. The van der Waals surface area contributed by atoms with Crippen LogP contribution in [0.4, 0.5) is 0 Å². The summed E-state index contributed by atoms with van der Waals surface area (Å²) >= 11 is 0. The second kappa shape index (κ2) is 6.81. The van der Waals surface area contributed by atoms with Crippen LogP contribution in [0, 0.1) is 0 Å². The van der Waals surface area contributed by atoms with Crippen molar-refractivity contribution in [2.45, 2.75) is 18.9 Å². The lowest BCUT2D eigenvalue weighted by molar-refractivity contribution is -0.131. The topological polar surface area (TPSA) is 72.2 Å². The van der Waals surface area contributed by atoms with E-state index in [4.69, 9.17) is 5.73 Å². The molecule has 0 fully saturated rings. The van der Waals surface area contributed by atoms with Crippen molar-refractivity contribution in [3.05, 3.63) is 71.8 Å². The number of hydrogen-bond acceptors (Lipinski definition) is 3. The van der Waals surface area contributed by atoms with Gasteiger partial charge in [0.2, 0.25) is 11.8 Å². The van der Waals surface area contributed by atoms with Gasteiger partial charge < -0.3 is 5.73 Å². The first-order chi connectivity index (χ1) is 10.1. The first kappa shape index (κ1) is 14.9. The monoisotopic (exact) mass is 282 g/mol. The Balaban J connectivity index is 2.33. The molecule has 0 bridgehead atoms. The van der Waals surface area contributed by atoms with Gasteiger partial charge in [-0.2, -0.15) is 0 Å². The minimum absolute atomic E-state index is 0.366. The SMILES string of the molecule is C[C@H](N)C(=O)NC(=O)C(c1ccccc1)c1ccccc1. The Morgan fingerprint density at radius 1 is 0.857 bits per heavy atom. The first-order valence-electron chi connectivity index (χ1n) is 6.79. The zero-order valence-electron chi connectivity index (χ0n) is 11.8. The van der Waals surface area contributed by atoms with E-state index >= 15 is 0 Å². The highest BCUT2D eigenvalue weighted by atomic mass is 16.2. The maximum Gasteiger partial charge on any atom is 0.243 e. The summed E-state index contributed by atoms with van der Waals surface area (Å²) in [4.78, 5) is 24.1. The number of nitrogens with one attached hydrogen (secondary N) is 1. The number of carbonyl (C=O) groups is 2. The average molecular weight is 282 g/mol. The summed E-state index contributed by atoms with van der Waals surface area (Å²) in [5.74, 6) is -1.37. The van der Waals surface area contributed by atoms with E-state index in [1.807, 2.05) is 60.7 Å². The first-order valence-corrected chi connectivity index (χ1v) is 6.79. The number of amides is 2. The highest BCUT2D eigenvalue weighted by molar-refractivity contribution is 6.01. The number of rotatable bonds is 4. The van der Waals surface area contributed by atoms with Crippen LogP contribution in [-0.4, -0.2) is 17.9 Å². The van der Waals surface area contributed by atoms with Crippen LogP contribution in [0.3, 0.4) is 0 Å². The molecule has 4 nitrogen and oxygen atoms in total. The molecule has 0 unspecified atom stereocenters. The second-order valence-electron chi connectivity index (χ2n) is 4.90. The summed E-state index contributed by atoms with van der Waals surface area (Å²) in [5.41, 5.74) is 7.16. The van der Waals surface area contributed by atoms with E-state index in [2.05, 4.69) is 5.32 Å². The molecule has 0 aliphatic carbocycles. The molecule has 2 rings (SSSR count). The summed E-state index contributed by atoms with van der Waals surface area (Å²) in [6.45, 7) is 1.54. The lowest BCUT2D eigenvalue weighted by atomic mass is 9.90. The molecule has 0 saturated heterocycles. The van der Waals surface area contributed by atoms with Gasteiger partial charge in [-0.15, -0.1) is 0 Å². The summed E-state index contributed by atoms with van der Waals surface area (Å²) in [7, 11) is 0. The zero-order valence-corrected chi connectivity index (χ0v) is 11.8. The van der Waals surface area contributed by atoms with Crippen molar-refractivity contribution in [1.29, 1.82) is 0 Å². The lowest BCUT2D eigenvalue weighted by Crippen LogP contribution is -2.43. The summed E-state index contributed by atoms with van der Waals surface area (Å²) in [6, 6.07) is 18.0. The molecular formula is C17H18N2O2. The van der Waals surface area contributed by atoms with Crippen molar-refractivity contribution in [3.63, 3.8) is 0 Å². The number of benzene rings is 2. The normalized spacial score (nSPS) is 12.0. The standard InChI is InChI=1S/C17H18N2O2/c1-12(18)16(20)19-17(21)15(13-8-4-2-5-9-13)14-10-6-3-7-11-14/h2-12,15H,18H2,1H3,(H,19,20,21)/t12-/m0/s1. The lowest BCUT2D eigenvalue weighted by Gasteiger charge is -2.18. The number of carbonyl (C=O) groups excluding carboxylic acids is 2. The van der Waals surface area contributed by atoms with Crippen LogP contribution in [0.1, 0.15) is 24.0 Å². The molecule has 0 aliphatic heterocycles. The van der Waals surface area contributed by atoms with E-state index < -0.39 is 17.9 Å². The minimum Gasteiger partial charge on any atom is -0.320 e. The van der Waals surface area contributed by atoms with Gasteiger partial charge in [-0.05, 0) is 18.1 Å². The van der Waals surface area contributed by atoms with Gasteiger partial charge in [0.1, 0.15) is 0 Å². The third-order valence-electron chi connectivity index (χ3n) is 3.19. The van der Waals surface area contributed by atoms with Crippen molar-refractivity contribution in [3.8, 4) is 0 Å². The molecule has 1 atom stereocenters. The molecule has 2 amide bonds. The summed E-state index contributed by atoms with van der Waals surface area (Å²) in [6.07, 6.45) is 0. The van der Waals surface area contributed by atoms with Gasteiger partial charge >= 0.3 is 0 Å². The minimum atomic E-state index is -0.721. The van der Waals surface area contributed by atoms with Gasteiger partial charge in [0.25, 0.3) is 0 Å². The molecule has 0 spiro atoms. The Kier molecular flexibility index (Phi) is 4.85. The average Bonchev–Trinajstić information content (AvgIpc) is 2.49. The van der Waals surface area contributed by atoms with Crippen LogP contribution >= 0.6 is 0 Å². The molecule has 0 aliphatic rings. The van der Waals surface area contributed by atoms with Gasteiger partial charge in [-0.25, -0.2) is 0 Å². The Bertz CT molecular complexity index is 570. The van der Waals surface area contributed by atoms with Crippen LogP contribution in [0.15, 0.2) is 60.7 Å². The highest BCUT2D eigenvalue weighted by Gasteiger charge is 2.24. The molecule has 2 aromatic carbocycles. The Labute approximate surface area is 124 Å². The molecule has 4 heteroatoms. The molecule has 108 valence electrons. The van der Waals surface area contributed by atoms with Crippen molar-refractivity contribution in [1.82, 2.24) is 5.32 Å². The van der Waals surface area contributed by atoms with Crippen LogP contribution < -0.4 is 11.1 Å². The van der Waals surface area contributed by atoms with Crippen molar-refractivity contribution in [2.24, 2.45) is 5.73 Å². The van der Waals surface area contributed by atoms with Gasteiger partial charge in [0.05, 0.1) is 12.0 Å². The molecular weight excluding hydrogens is 264 g/mol. The summed E-state index contributed by atoms with van der Waals surface area (Å²) in [5, 5.41) is 2.37. The Morgan fingerprint density at radius 2 is 1.29 bits per heavy atom.